The molecule has 7 nitrogen and oxygen atoms in total. The molecule has 0 aliphatic rings. The van der Waals surface area contributed by atoms with E-state index in [4.69, 9.17) is 0 Å². The number of anilines is 2. The number of benzene rings is 1. The van der Waals surface area contributed by atoms with Crippen molar-refractivity contribution >= 4 is 17.3 Å². The van der Waals surface area contributed by atoms with Gasteiger partial charge < -0.3 is 5.32 Å². The summed E-state index contributed by atoms with van der Waals surface area (Å²) in [7, 11) is 0. The summed E-state index contributed by atoms with van der Waals surface area (Å²) < 4.78 is 38.6. The fourth-order valence-electron chi connectivity index (χ4n) is 1.41. The fourth-order valence-corrected chi connectivity index (χ4v) is 1.41. The summed E-state index contributed by atoms with van der Waals surface area (Å²) in [5, 5.41) is 12.9. The molecule has 0 aliphatic carbocycles. The second-order valence-corrected chi connectivity index (χ2v) is 3.57. The smallest absolute Gasteiger partial charge is 0.323 e. The highest BCUT2D eigenvalue weighted by Gasteiger charge is 2.35. The van der Waals surface area contributed by atoms with Gasteiger partial charge in [0, 0.05) is 12.1 Å². The highest BCUT2D eigenvalue weighted by Crippen LogP contribution is 2.37. The Labute approximate surface area is 109 Å². The third kappa shape index (κ3) is 2.96. The summed E-state index contributed by atoms with van der Waals surface area (Å²) in [6.45, 7) is 0. The first-order valence-electron chi connectivity index (χ1n) is 5.12. The summed E-state index contributed by atoms with van der Waals surface area (Å²) in [5.74, 6) is -0.0978. The van der Waals surface area contributed by atoms with E-state index in [0.29, 0.717) is 6.07 Å². The number of nitrogens with one attached hydrogen (secondary N) is 1. The second kappa shape index (κ2) is 5.07. The second-order valence-electron chi connectivity index (χ2n) is 3.57. The lowest BCUT2D eigenvalue weighted by Crippen LogP contribution is -2.10. The van der Waals surface area contributed by atoms with Gasteiger partial charge in [0.25, 0.3) is 5.69 Å². The van der Waals surface area contributed by atoms with Crippen LogP contribution in [0.3, 0.4) is 0 Å². The van der Waals surface area contributed by atoms with Gasteiger partial charge in [0.05, 0.1) is 16.2 Å². The van der Waals surface area contributed by atoms with Crippen LogP contribution in [0.15, 0.2) is 30.9 Å². The van der Waals surface area contributed by atoms with Crippen LogP contribution in [0.5, 0.6) is 0 Å². The molecule has 0 bridgehead atoms. The summed E-state index contributed by atoms with van der Waals surface area (Å²) in [5.41, 5.74) is -2.21. The Morgan fingerprint density at radius 2 is 1.85 bits per heavy atom. The molecule has 1 heterocycles. The van der Waals surface area contributed by atoms with Crippen LogP contribution in [0.2, 0.25) is 0 Å². The summed E-state index contributed by atoms with van der Waals surface area (Å²) in [6.07, 6.45) is -2.54. The van der Waals surface area contributed by atoms with Gasteiger partial charge in [-0.3, -0.25) is 10.1 Å². The van der Waals surface area contributed by atoms with Crippen LogP contribution in [-0.2, 0) is 6.18 Å². The fraction of sp³-hybridized carbons (Fsp3) is 0.100. The largest absolute Gasteiger partial charge is 0.418 e. The number of nitrogens with zero attached hydrogens (tertiary/aromatic N) is 4. The molecule has 2 aromatic rings. The van der Waals surface area contributed by atoms with Gasteiger partial charge in [-0.1, -0.05) is 0 Å². The Hall–Kier alpha value is -2.78. The highest BCUT2D eigenvalue weighted by atomic mass is 19.4. The molecule has 10 heteroatoms. The number of hydrogen-bond donors (Lipinski definition) is 1. The van der Waals surface area contributed by atoms with E-state index in [1.807, 2.05) is 0 Å². The molecule has 2 rings (SSSR count). The molecule has 0 unspecified atom stereocenters. The number of aromatic nitrogens is 3. The van der Waals surface area contributed by atoms with Crippen molar-refractivity contribution in [2.24, 2.45) is 0 Å². The van der Waals surface area contributed by atoms with Crippen LogP contribution in [0.1, 0.15) is 5.56 Å². The number of nitro benzene ring substituents is 1. The topological polar surface area (TPSA) is 93.8 Å². The lowest BCUT2D eigenvalue weighted by molar-refractivity contribution is -0.385. The molecule has 104 valence electrons. The van der Waals surface area contributed by atoms with E-state index < -0.39 is 22.4 Å². The van der Waals surface area contributed by atoms with Gasteiger partial charge in [0.1, 0.15) is 12.7 Å². The Morgan fingerprint density at radius 1 is 1.20 bits per heavy atom. The van der Waals surface area contributed by atoms with Crippen LogP contribution in [0.25, 0.3) is 0 Å². The average molecular weight is 285 g/mol. The first-order chi connectivity index (χ1) is 9.38. The number of halogens is 3. The van der Waals surface area contributed by atoms with E-state index in [9.17, 15) is 23.3 Å². The van der Waals surface area contributed by atoms with Crippen LogP contribution < -0.4 is 5.32 Å². The molecule has 1 aromatic carbocycles. The van der Waals surface area contributed by atoms with Crippen molar-refractivity contribution in [1.82, 2.24) is 15.0 Å². The lowest BCUT2D eigenvalue weighted by Gasteiger charge is -2.13. The minimum Gasteiger partial charge on any atom is -0.323 e. The number of alkyl halides is 3. The SMILES string of the molecule is O=[N+]([O-])c1ccc(Nc2ncncn2)c(C(F)(F)F)c1. The highest BCUT2D eigenvalue weighted by molar-refractivity contribution is 5.62. The van der Waals surface area contributed by atoms with Crippen molar-refractivity contribution in [3.05, 3.63) is 46.5 Å². The standard InChI is InChI=1S/C10H6F3N5O2/c11-10(12,13)7-3-6(18(19)20)1-2-8(7)17-9-15-4-14-5-16-9/h1-5H,(H,14,15,16,17). The maximum absolute atomic E-state index is 12.9. The van der Waals surface area contributed by atoms with Crippen molar-refractivity contribution in [2.75, 3.05) is 5.32 Å². The molecule has 0 radical (unpaired) electrons. The molecular weight excluding hydrogens is 279 g/mol. The van der Waals surface area contributed by atoms with Crippen molar-refractivity contribution in [2.45, 2.75) is 6.18 Å². The number of rotatable bonds is 3. The Morgan fingerprint density at radius 3 is 2.40 bits per heavy atom. The van der Waals surface area contributed by atoms with Gasteiger partial charge in [0.15, 0.2) is 0 Å². The van der Waals surface area contributed by atoms with Crippen LogP contribution in [0.4, 0.5) is 30.5 Å². The van der Waals surface area contributed by atoms with Gasteiger partial charge in [0.2, 0.25) is 5.95 Å². The lowest BCUT2D eigenvalue weighted by atomic mass is 10.1. The summed E-state index contributed by atoms with van der Waals surface area (Å²) >= 11 is 0. The van der Waals surface area contributed by atoms with Gasteiger partial charge in [-0.2, -0.15) is 13.2 Å². The molecule has 0 amide bonds. The van der Waals surface area contributed by atoms with Crippen LogP contribution in [-0.4, -0.2) is 19.9 Å². The van der Waals surface area contributed by atoms with E-state index in [0.717, 1.165) is 24.8 Å². The number of nitro groups is 1. The Bertz CT molecular complexity index is 633. The van der Waals surface area contributed by atoms with E-state index in [2.05, 4.69) is 20.3 Å². The molecule has 0 saturated carbocycles. The average Bonchev–Trinajstić information content (AvgIpc) is 2.39. The summed E-state index contributed by atoms with van der Waals surface area (Å²) in [6, 6.07) is 2.35. The first kappa shape index (κ1) is 13.6. The van der Waals surface area contributed by atoms with Crippen molar-refractivity contribution in [3.63, 3.8) is 0 Å². The molecule has 0 saturated heterocycles. The predicted octanol–water partition coefficient (Wildman–Crippen LogP) is 2.54. The number of hydrogen-bond acceptors (Lipinski definition) is 6. The van der Waals surface area contributed by atoms with Crippen LogP contribution in [0, 0.1) is 10.1 Å². The Kier molecular flexibility index (Phi) is 3.46. The minimum atomic E-state index is -4.75. The molecule has 20 heavy (non-hydrogen) atoms. The predicted molar refractivity (Wildman–Crippen MR) is 61.2 cm³/mol. The van der Waals surface area contributed by atoms with Gasteiger partial charge in [-0.25, -0.2) is 15.0 Å². The van der Waals surface area contributed by atoms with Crippen molar-refractivity contribution in [1.29, 1.82) is 0 Å². The molecule has 1 N–H and O–H groups in total. The zero-order valence-corrected chi connectivity index (χ0v) is 9.63. The molecular formula is C10H6F3N5O2. The van der Waals surface area contributed by atoms with Gasteiger partial charge in [-0.15, -0.1) is 0 Å². The molecule has 0 aliphatic heterocycles. The molecule has 0 atom stereocenters. The maximum Gasteiger partial charge on any atom is 0.418 e. The zero-order chi connectivity index (χ0) is 14.8. The normalized spacial score (nSPS) is 11.2. The molecule has 0 spiro atoms. The number of non-ortho nitro benzene ring substituents is 1. The molecule has 1 aromatic heterocycles. The van der Waals surface area contributed by atoms with E-state index >= 15 is 0 Å². The van der Waals surface area contributed by atoms with Gasteiger partial charge in [-0.05, 0) is 6.07 Å². The van der Waals surface area contributed by atoms with E-state index in [1.165, 1.54) is 0 Å². The van der Waals surface area contributed by atoms with Crippen molar-refractivity contribution in [3.8, 4) is 0 Å². The Balaban J connectivity index is 2.45. The van der Waals surface area contributed by atoms with Gasteiger partial charge >= 0.3 is 6.18 Å². The van der Waals surface area contributed by atoms with Crippen LogP contribution >= 0.6 is 0 Å². The first-order valence-corrected chi connectivity index (χ1v) is 5.12. The van der Waals surface area contributed by atoms with E-state index in [-0.39, 0.29) is 11.6 Å². The molecule has 0 fully saturated rings. The monoisotopic (exact) mass is 285 g/mol. The third-order valence-corrected chi connectivity index (χ3v) is 2.26. The maximum atomic E-state index is 12.9. The third-order valence-electron chi connectivity index (χ3n) is 2.26. The van der Waals surface area contributed by atoms with Crippen molar-refractivity contribution < 1.29 is 18.1 Å². The van der Waals surface area contributed by atoms with E-state index in [1.54, 1.807) is 0 Å². The minimum absolute atomic E-state index is 0.0978. The zero-order valence-electron chi connectivity index (χ0n) is 9.63. The summed E-state index contributed by atoms with van der Waals surface area (Å²) in [4.78, 5) is 20.4. The quantitative estimate of drug-likeness (QED) is 0.688.